The number of nitrogens with one attached hydrogen (secondary N) is 1. The Morgan fingerprint density at radius 2 is 1.89 bits per heavy atom. The zero-order valence-corrected chi connectivity index (χ0v) is 15.8. The van der Waals surface area contributed by atoms with E-state index in [0.717, 1.165) is 27.8 Å². The lowest BCUT2D eigenvalue weighted by Gasteiger charge is -2.10. The smallest absolute Gasteiger partial charge is 0.254 e. The van der Waals surface area contributed by atoms with Crippen molar-refractivity contribution in [3.8, 4) is 28.0 Å². The zero-order valence-electron chi connectivity index (χ0n) is 15.8. The molecule has 4 aromatic rings. The molecule has 7 heteroatoms. The summed E-state index contributed by atoms with van der Waals surface area (Å²) in [5.41, 5.74) is 4.99. The maximum Gasteiger partial charge on any atom is 0.254 e. The molecule has 3 heterocycles. The number of benzene rings is 1. The summed E-state index contributed by atoms with van der Waals surface area (Å²) in [7, 11) is 1.73. The number of aromatic amines is 1. The van der Waals surface area contributed by atoms with E-state index in [-0.39, 0.29) is 5.56 Å². The number of rotatable bonds is 6. The maximum absolute atomic E-state index is 11.9. The van der Waals surface area contributed by atoms with E-state index in [9.17, 15) is 4.79 Å². The molecule has 1 N–H and O–H groups in total. The summed E-state index contributed by atoms with van der Waals surface area (Å²) in [5, 5.41) is 11.3. The van der Waals surface area contributed by atoms with Gasteiger partial charge in [-0.15, -0.1) is 0 Å². The van der Waals surface area contributed by atoms with Gasteiger partial charge in [0.2, 0.25) is 0 Å². The first-order chi connectivity index (χ1) is 13.6. The second kappa shape index (κ2) is 7.56. The van der Waals surface area contributed by atoms with Crippen LogP contribution in [0.15, 0.2) is 66.1 Å². The van der Waals surface area contributed by atoms with Gasteiger partial charge in [-0.2, -0.15) is 10.2 Å². The van der Waals surface area contributed by atoms with E-state index in [4.69, 9.17) is 4.74 Å². The molecule has 0 unspecified atom stereocenters. The third-order valence-corrected chi connectivity index (χ3v) is 4.56. The molecule has 7 nitrogen and oxygen atoms in total. The van der Waals surface area contributed by atoms with Crippen molar-refractivity contribution in [2.45, 2.75) is 13.5 Å². The minimum absolute atomic E-state index is 0.0997. The Kier molecular flexibility index (Phi) is 4.80. The van der Waals surface area contributed by atoms with Gasteiger partial charge in [0.15, 0.2) is 0 Å². The average molecular weight is 375 g/mol. The Hall–Kier alpha value is -3.61. The number of ether oxygens (including phenoxy) is 1. The summed E-state index contributed by atoms with van der Waals surface area (Å²) < 4.78 is 9.07. The number of hydrogen-bond acceptors (Lipinski definition) is 4. The van der Waals surface area contributed by atoms with E-state index in [1.165, 1.54) is 6.07 Å². The molecule has 4 rings (SSSR count). The van der Waals surface area contributed by atoms with Gasteiger partial charge in [-0.3, -0.25) is 14.6 Å². The van der Waals surface area contributed by atoms with Gasteiger partial charge in [0, 0.05) is 48.4 Å². The fraction of sp³-hybridized carbons (Fsp3) is 0.190. The van der Waals surface area contributed by atoms with Crippen LogP contribution in [0.25, 0.3) is 22.3 Å². The van der Waals surface area contributed by atoms with Crippen molar-refractivity contribution >= 4 is 0 Å². The van der Waals surface area contributed by atoms with Crippen LogP contribution in [0, 0.1) is 0 Å². The first kappa shape index (κ1) is 17.8. The fourth-order valence-corrected chi connectivity index (χ4v) is 3.09. The van der Waals surface area contributed by atoms with Crippen LogP contribution < -0.4 is 10.3 Å². The van der Waals surface area contributed by atoms with Gasteiger partial charge in [-0.1, -0.05) is 24.3 Å². The van der Waals surface area contributed by atoms with Gasteiger partial charge >= 0.3 is 0 Å². The molecule has 0 radical (unpaired) electrons. The summed E-state index contributed by atoms with van der Waals surface area (Å²) in [6, 6.07) is 9.84. The predicted molar refractivity (Wildman–Crippen MR) is 107 cm³/mol. The third-order valence-electron chi connectivity index (χ3n) is 4.56. The Morgan fingerprint density at radius 3 is 2.61 bits per heavy atom. The van der Waals surface area contributed by atoms with E-state index in [1.807, 2.05) is 24.0 Å². The molecule has 0 spiro atoms. The van der Waals surface area contributed by atoms with Crippen LogP contribution in [-0.4, -0.2) is 31.2 Å². The topological polar surface area (TPSA) is 77.7 Å². The molecule has 0 amide bonds. The number of pyridine rings is 1. The van der Waals surface area contributed by atoms with Crippen LogP contribution in [-0.2, 0) is 13.6 Å². The second-order valence-electron chi connectivity index (χ2n) is 6.54. The van der Waals surface area contributed by atoms with Crippen molar-refractivity contribution in [2.75, 3.05) is 6.61 Å². The number of H-pyrrole nitrogens is 1. The summed E-state index contributed by atoms with van der Waals surface area (Å²) in [4.78, 5) is 11.9. The van der Waals surface area contributed by atoms with E-state index < -0.39 is 0 Å². The highest BCUT2D eigenvalue weighted by molar-refractivity contribution is 5.68. The molecule has 0 aliphatic rings. The normalized spacial score (nSPS) is 10.9. The van der Waals surface area contributed by atoms with Gasteiger partial charge in [0.1, 0.15) is 5.75 Å². The van der Waals surface area contributed by atoms with Gasteiger partial charge in [-0.05, 0) is 18.1 Å². The summed E-state index contributed by atoms with van der Waals surface area (Å²) in [5.74, 6) is 0.578. The lowest BCUT2D eigenvalue weighted by atomic mass is 10.1. The Bertz CT molecular complexity index is 1120. The molecule has 0 aliphatic heterocycles. The van der Waals surface area contributed by atoms with Crippen LogP contribution in [0.2, 0.25) is 0 Å². The minimum Gasteiger partial charge on any atom is -0.493 e. The predicted octanol–water partition coefficient (Wildman–Crippen LogP) is 3.09. The highest BCUT2D eigenvalue weighted by Crippen LogP contribution is 2.28. The SMILES string of the molecule is CCOc1cc(=O)n(C)cc1-c1cnn(Cc2ccc(-c3cn[nH]c3)cc2)c1. The summed E-state index contributed by atoms with van der Waals surface area (Å²) >= 11 is 0. The standard InChI is InChI=1S/C21H21N5O2/c1-3-28-20-8-21(27)25(2)14-19(20)18-11-24-26(13-18)12-15-4-6-16(7-5-15)17-9-22-23-10-17/h4-11,13-14H,3,12H2,1-2H3,(H,22,23). The van der Waals surface area contributed by atoms with Crippen molar-refractivity contribution in [2.24, 2.45) is 7.05 Å². The molecular formula is C21H21N5O2. The molecular weight excluding hydrogens is 354 g/mol. The summed E-state index contributed by atoms with van der Waals surface area (Å²) in [6.45, 7) is 3.05. The largest absolute Gasteiger partial charge is 0.493 e. The van der Waals surface area contributed by atoms with E-state index in [2.05, 4.69) is 39.6 Å². The molecule has 3 aromatic heterocycles. The van der Waals surface area contributed by atoms with Crippen molar-refractivity contribution in [3.63, 3.8) is 0 Å². The quantitative estimate of drug-likeness (QED) is 0.562. The number of aromatic nitrogens is 5. The van der Waals surface area contributed by atoms with Crippen molar-refractivity contribution < 1.29 is 4.74 Å². The van der Waals surface area contributed by atoms with Crippen molar-refractivity contribution in [3.05, 3.63) is 77.2 Å². The van der Waals surface area contributed by atoms with Gasteiger partial charge in [0.25, 0.3) is 5.56 Å². The molecule has 0 aliphatic carbocycles. The van der Waals surface area contributed by atoms with Crippen LogP contribution in [0.4, 0.5) is 0 Å². The highest BCUT2D eigenvalue weighted by Gasteiger charge is 2.11. The summed E-state index contributed by atoms with van der Waals surface area (Å²) in [6.07, 6.45) is 9.22. The zero-order chi connectivity index (χ0) is 19.5. The molecule has 0 saturated heterocycles. The van der Waals surface area contributed by atoms with Crippen LogP contribution >= 0.6 is 0 Å². The number of hydrogen-bond donors (Lipinski definition) is 1. The highest BCUT2D eigenvalue weighted by atomic mass is 16.5. The minimum atomic E-state index is -0.0997. The molecule has 28 heavy (non-hydrogen) atoms. The maximum atomic E-state index is 11.9. The van der Waals surface area contributed by atoms with Crippen LogP contribution in [0.5, 0.6) is 5.75 Å². The molecule has 0 saturated carbocycles. The fourth-order valence-electron chi connectivity index (χ4n) is 3.09. The van der Waals surface area contributed by atoms with Crippen molar-refractivity contribution in [1.82, 2.24) is 24.5 Å². The second-order valence-corrected chi connectivity index (χ2v) is 6.54. The van der Waals surface area contributed by atoms with Gasteiger partial charge < -0.3 is 9.30 Å². The Labute approximate surface area is 162 Å². The van der Waals surface area contributed by atoms with E-state index >= 15 is 0 Å². The Morgan fingerprint density at radius 1 is 1.07 bits per heavy atom. The number of nitrogens with zero attached hydrogens (tertiary/aromatic N) is 4. The van der Waals surface area contributed by atoms with Crippen molar-refractivity contribution in [1.29, 1.82) is 0 Å². The van der Waals surface area contributed by atoms with E-state index in [1.54, 1.807) is 30.2 Å². The number of aryl methyl sites for hydroxylation is 1. The first-order valence-electron chi connectivity index (χ1n) is 9.08. The lowest BCUT2D eigenvalue weighted by molar-refractivity contribution is 0.340. The molecule has 0 atom stereocenters. The molecule has 1 aromatic carbocycles. The van der Waals surface area contributed by atoms with Crippen LogP contribution in [0.3, 0.4) is 0 Å². The van der Waals surface area contributed by atoms with Crippen LogP contribution in [0.1, 0.15) is 12.5 Å². The Balaban J connectivity index is 1.57. The molecule has 0 bridgehead atoms. The average Bonchev–Trinajstić information content (AvgIpc) is 3.38. The van der Waals surface area contributed by atoms with Gasteiger partial charge in [-0.25, -0.2) is 0 Å². The molecule has 0 fully saturated rings. The lowest BCUT2D eigenvalue weighted by Crippen LogP contribution is -2.15. The third kappa shape index (κ3) is 3.59. The van der Waals surface area contributed by atoms with E-state index in [0.29, 0.717) is 18.9 Å². The monoisotopic (exact) mass is 375 g/mol. The molecule has 142 valence electrons. The van der Waals surface area contributed by atoms with Gasteiger partial charge in [0.05, 0.1) is 25.5 Å². The first-order valence-corrected chi connectivity index (χ1v) is 9.08.